The number of aliphatic hydroxyl groups is 1. The summed E-state index contributed by atoms with van der Waals surface area (Å²) in [5, 5.41) is 9.49. The van der Waals surface area contributed by atoms with Crippen LogP contribution in [0.3, 0.4) is 0 Å². The van der Waals surface area contributed by atoms with Gasteiger partial charge in [0.25, 0.3) is 0 Å². The second-order valence-corrected chi connectivity index (χ2v) is 5.90. The summed E-state index contributed by atoms with van der Waals surface area (Å²) in [6.07, 6.45) is 2.51. The van der Waals surface area contributed by atoms with E-state index in [-0.39, 0.29) is 23.8 Å². The molecule has 1 aliphatic rings. The smallest absolute Gasteiger partial charge is 0.158 e. The Morgan fingerprint density at radius 2 is 2.05 bits per heavy atom. The molecule has 1 aromatic heterocycles. The van der Waals surface area contributed by atoms with Gasteiger partial charge in [0.15, 0.2) is 5.75 Å². The maximum absolute atomic E-state index is 13.1. The molecule has 116 valence electrons. The molecule has 0 saturated heterocycles. The molecule has 0 bridgehead atoms. The zero-order chi connectivity index (χ0) is 15.7. The van der Waals surface area contributed by atoms with Crippen molar-refractivity contribution in [2.24, 2.45) is 5.92 Å². The predicted octanol–water partition coefficient (Wildman–Crippen LogP) is 2.56. The number of hydrogen-bond acceptors (Lipinski definition) is 4. The number of halogens is 1. The summed E-state index contributed by atoms with van der Waals surface area (Å²) < 4.78 is 19.0. The summed E-state index contributed by atoms with van der Waals surface area (Å²) in [4.78, 5) is 8.43. The lowest BCUT2D eigenvalue weighted by molar-refractivity contribution is 0.224. The average Bonchev–Trinajstić information content (AvgIpc) is 3.22. The average molecular weight is 302 g/mol. The van der Waals surface area contributed by atoms with Gasteiger partial charge >= 0.3 is 0 Å². The zero-order valence-corrected chi connectivity index (χ0v) is 12.7. The van der Waals surface area contributed by atoms with E-state index < -0.39 is 0 Å². The van der Waals surface area contributed by atoms with Gasteiger partial charge in [-0.15, -0.1) is 0 Å². The van der Waals surface area contributed by atoms with Gasteiger partial charge in [-0.3, -0.25) is 0 Å². The largest absolute Gasteiger partial charge is 0.489 e. The highest BCUT2D eigenvalue weighted by atomic mass is 19.1. The van der Waals surface area contributed by atoms with Crippen LogP contribution in [0.5, 0.6) is 5.75 Å². The molecule has 5 heteroatoms. The summed E-state index contributed by atoms with van der Waals surface area (Å²) in [5.74, 6) is 1.24. The molecular weight excluding hydrogens is 283 g/mol. The van der Waals surface area contributed by atoms with Crippen molar-refractivity contribution < 1.29 is 14.2 Å². The van der Waals surface area contributed by atoms with Gasteiger partial charge in [-0.1, -0.05) is 12.1 Å². The van der Waals surface area contributed by atoms with Gasteiger partial charge in [0, 0.05) is 12.0 Å². The van der Waals surface area contributed by atoms with Crippen LogP contribution in [-0.2, 0) is 5.41 Å². The number of benzene rings is 1. The lowest BCUT2D eigenvalue weighted by Crippen LogP contribution is -2.22. The van der Waals surface area contributed by atoms with E-state index in [0.717, 1.165) is 17.7 Å². The standard InChI is InChI=1S/C17H19FN2O2/c1-11-16(8-19-12(2)20-11)22-10-17(7-14(17)9-21)13-3-5-15(18)6-4-13/h3-6,8,14,21H,7,9-10H2,1-2H3/t14-,17+/m0/s1. The third-order valence-electron chi connectivity index (χ3n) is 4.41. The van der Waals surface area contributed by atoms with Crippen LogP contribution in [-0.4, -0.2) is 28.3 Å². The highest BCUT2D eigenvalue weighted by Crippen LogP contribution is 2.54. The Hall–Kier alpha value is -2.01. The molecule has 0 aliphatic heterocycles. The molecule has 0 unspecified atom stereocenters. The van der Waals surface area contributed by atoms with Crippen molar-refractivity contribution in [1.29, 1.82) is 0 Å². The maximum Gasteiger partial charge on any atom is 0.158 e. The minimum atomic E-state index is -0.260. The fourth-order valence-corrected chi connectivity index (χ4v) is 2.94. The molecule has 1 saturated carbocycles. The fourth-order valence-electron chi connectivity index (χ4n) is 2.94. The molecular formula is C17H19FN2O2. The summed E-state index contributed by atoms with van der Waals surface area (Å²) in [6, 6.07) is 6.44. The van der Waals surface area contributed by atoms with Crippen LogP contribution in [0.4, 0.5) is 4.39 Å². The van der Waals surface area contributed by atoms with E-state index in [0.29, 0.717) is 18.2 Å². The van der Waals surface area contributed by atoms with Gasteiger partial charge in [0.05, 0.1) is 18.5 Å². The van der Waals surface area contributed by atoms with Gasteiger partial charge in [-0.2, -0.15) is 0 Å². The van der Waals surface area contributed by atoms with Crippen LogP contribution in [0.2, 0.25) is 0 Å². The van der Waals surface area contributed by atoms with Crippen molar-refractivity contribution in [2.45, 2.75) is 25.7 Å². The number of rotatable bonds is 5. The molecule has 22 heavy (non-hydrogen) atoms. The number of aliphatic hydroxyl groups excluding tert-OH is 1. The van der Waals surface area contributed by atoms with Gasteiger partial charge in [0.2, 0.25) is 0 Å². The van der Waals surface area contributed by atoms with Crippen LogP contribution in [0.25, 0.3) is 0 Å². The first kappa shape index (κ1) is 14.9. The van der Waals surface area contributed by atoms with Crippen LogP contribution in [0.15, 0.2) is 30.5 Å². The van der Waals surface area contributed by atoms with Crippen molar-refractivity contribution in [2.75, 3.05) is 13.2 Å². The van der Waals surface area contributed by atoms with Crippen molar-refractivity contribution in [3.05, 3.63) is 53.4 Å². The second-order valence-electron chi connectivity index (χ2n) is 5.90. The third kappa shape index (κ3) is 2.68. The van der Waals surface area contributed by atoms with E-state index in [1.165, 1.54) is 12.1 Å². The lowest BCUT2D eigenvalue weighted by Gasteiger charge is -2.19. The van der Waals surface area contributed by atoms with Crippen LogP contribution >= 0.6 is 0 Å². The molecule has 1 fully saturated rings. The highest BCUT2D eigenvalue weighted by Gasteiger charge is 2.55. The first-order valence-electron chi connectivity index (χ1n) is 7.35. The van der Waals surface area contributed by atoms with E-state index in [1.807, 2.05) is 13.8 Å². The molecule has 0 radical (unpaired) electrons. The van der Waals surface area contributed by atoms with E-state index in [4.69, 9.17) is 4.74 Å². The first-order valence-corrected chi connectivity index (χ1v) is 7.35. The Bertz CT molecular complexity index is 675. The Kier molecular flexibility index (Phi) is 3.83. The minimum absolute atomic E-state index is 0.101. The Morgan fingerprint density at radius 3 is 2.64 bits per heavy atom. The summed E-state index contributed by atoms with van der Waals surface area (Å²) in [7, 11) is 0. The van der Waals surface area contributed by atoms with E-state index in [1.54, 1.807) is 18.3 Å². The normalized spacial score (nSPS) is 23.4. The lowest BCUT2D eigenvalue weighted by atomic mass is 9.94. The molecule has 1 heterocycles. The molecule has 3 rings (SSSR count). The minimum Gasteiger partial charge on any atom is -0.489 e. The first-order chi connectivity index (χ1) is 10.5. The molecule has 1 aliphatic carbocycles. The molecule has 0 spiro atoms. The maximum atomic E-state index is 13.1. The fraction of sp³-hybridized carbons (Fsp3) is 0.412. The number of aryl methyl sites for hydroxylation is 2. The van der Waals surface area contributed by atoms with E-state index >= 15 is 0 Å². The highest BCUT2D eigenvalue weighted by molar-refractivity contribution is 5.35. The Morgan fingerprint density at radius 1 is 1.32 bits per heavy atom. The zero-order valence-electron chi connectivity index (χ0n) is 12.7. The van der Waals surface area contributed by atoms with Gasteiger partial charge in [0.1, 0.15) is 11.6 Å². The molecule has 2 atom stereocenters. The van der Waals surface area contributed by atoms with Gasteiger partial charge in [-0.05, 0) is 43.9 Å². The second kappa shape index (κ2) is 5.65. The SMILES string of the molecule is Cc1ncc(OC[C@@]2(c3ccc(F)cc3)C[C@H]2CO)c(C)n1. The van der Waals surface area contributed by atoms with Crippen molar-refractivity contribution >= 4 is 0 Å². The van der Waals surface area contributed by atoms with E-state index in [9.17, 15) is 9.50 Å². The van der Waals surface area contributed by atoms with Crippen molar-refractivity contribution in [3.8, 4) is 5.75 Å². The van der Waals surface area contributed by atoms with Crippen LogP contribution in [0, 0.1) is 25.6 Å². The molecule has 1 aromatic carbocycles. The Balaban J connectivity index is 1.79. The van der Waals surface area contributed by atoms with Crippen LogP contribution in [0.1, 0.15) is 23.5 Å². The van der Waals surface area contributed by atoms with Crippen LogP contribution < -0.4 is 4.74 Å². The monoisotopic (exact) mass is 302 g/mol. The summed E-state index contributed by atoms with van der Waals surface area (Å²) in [6.45, 7) is 4.24. The number of hydrogen-bond donors (Lipinski definition) is 1. The number of ether oxygens (including phenoxy) is 1. The summed E-state index contributed by atoms with van der Waals surface area (Å²) >= 11 is 0. The van der Waals surface area contributed by atoms with Crippen molar-refractivity contribution in [3.63, 3.8) is 0 Å². The third-order valence-corrected chi connectivity index (χ3v) is 4.41. The number of nitrogens with zero attached hydrogens (tertiary/aromatic N) is 2. The van der Waals surface area contributed by atoms with E-state index in [2.05, 4.69) is 9.97 Å². The van der Waals surface area contributed by atoms with Gasteiger partial charge in [-0.25, -0.2) is 14.4 Å². The van der Waals surface area contributed by atoms with Gasteiger partial charge < -0.3 is 9.84 Å². The topological polar surface area (TPSA) is 55.2 Å². The molecule has 0 amide bonds. The quantitative estimate of drug-likeness (QED) is 0.922. The number of aromatic nitrogens is 2. The van der Waals surface area contributed by atoms with Crippen molar-refractivity contribution in [1.82, 2.24) is 9.97 Å². The molecule has 1 N–H and O–H groups in total. The molecule has 4 nitrogen and oxygen atoms in total. The Labute approximate surface area is 129 Å². The molecule has 2 aromatic rings. The summed E-state index contributed by atoms with van der Waals surface area (Å²) in [5.41, 5.74) is 1.54. The predicted molar refractivity (Wildman–Crippen MR) is 80.3 cm³/mol.